The lowest BCUT2D eigenvalue weighted by Crippen LogP contribution is -2.50. The first kappa shape index (κ1) is 34.5. The molecule has 18 heteroatoms. The molecular weight excluding hydrogens is 657 g/mol. The number of hydrogen-bond acceptors (Lipinski definition) is 3. The van der Waals surface area contributed by atoms with Gasteiger partial charge < -0.3 is 10.1 Å². The Kier molecular flexibility index (Phi) is 9.53. The zero-order chi connectivity index (χ0) is 33.4. The van der Waals surface area contributed by atoms with Crippen LogP contribution < -0.4 is 10.1 Å². The monoisotopic (exact) mass is 669 g/mol. The molecule has 0 heterocycles. The van der Waals surface area contributed by atoms with E-state index in [0.717, 1.165) is 30.3 Å². The number of rotatable bonds is 8. The molecule has 3 aromatic carbocycles. The number of benzene rings is 3. The number of carbonyl (C=O) groups is 2. The zero-order valence-corrected chi connectivity index (χ0v) is 21.8. The van der Waals surface area contributed by atoms with Crippen molar-refractivity contribution in [2.24, 2.45) is 0 Å². The molecule has 0 aromatic heterocycles. The van der Waals surface area contributed by atoms with Crippen molar-refractivity contribution in [3.63, 3.8) is 0 Å². The molecule has 0 bridgehead atoms. The smallest absolute Gasteiger partial charge is 0.434 e. The average molecular weight is 670 g/mol. The highest BCUT2D eigenvalue weighted by Gasteiger charge is 2.73. The normalized spacial score (nSPS) is 12.8. The van der Waals surface area contributed by atoms with E-state index < -0.39 is 93.5 Å². The first-order valence-electron chi connectivity index (χ1n) is 11.5. The minimum absolute atomic E-state index is 0.208. The Labute approximate surface area is 242 Å². The minimum atomic E-state index is -6.65. The van der Waals surface area contributed by atoms with Crippen LogP contribution in [0, 0.1) is 5.82 Å². The summed E-state index contributed by atoms with van der Waals surface area (Å²) in [6, 6.07) is 4.78. The van der Waals surface area contributed by atoms with E-state index in [-0.39, 0.29) is 17.7 Å². The van der Waals surface area contributed by atoms with Gasteiger partial charge in [0.05, 0.1) is 16.8 Å². The topological polar surface area (TPSA) is 55.4 Å². The lowest BCUT2D eigenvalue weighted by Gasteiger charge is -2.31. The van der Waals surface area contributed by atoms with Gasteiger partial charge in [-0.1, -0.05) is 17.7 Å². The van der Waals surface area contributed by atoms with Crippen LogP contribution >= 0.6 is 11.6 Å². The highest BCUT2D eigenvalue weighted by Crippen LogP contribution is 2.54. The van der Waals surface area contributed by atoms with Gasteiger partial charge in [0.15, 0.2) is 11.6 Å². The van der Waals surface area contributed by atoms with E-state index in [0.29, 0.717) is 12.1 Å². The van der Waals surface area contributed by atoms with E-state index in [1.807, 2.05) is 5.32 Å². The summed E-state index contributed by atoms with van der Waals surface area (Å²) in [6.07, 6.45) is -19.3. The van der Waals surface area contributed by atoms with Gasteiger partial charge in [0.1, 0.15) is 5.75 Å². The van der Waals surface area contributed by atoms with Crippen LogP contribution in [0.15, 0.2) is 54.6 Å². The van der Waals surface area contributed by atoms with E-state index in [1.165, 1.54) is 0 Å². The molecule has 238 valence electrons. The van der Waals surface area contributed by atoms with Gasteiger partial charge in [0, 0.05) is 28.1 Å². The third kappa shape index (κ3) is 7.03. The Balaban J connectivity index is 1.97. The van der Waals surface area contributed by atoms with Gasteiger partial charge in [-0.2, -0.15) is 48.3 Å². The molecule has 0 aliphatic carbocycles. The summed E-state index contributed by atoms with van der Waals surface area (Å²) in [6.45, 7) is -3.92. The number of ketones is 1. The van der Waals surface area contributed by atoms with Crippen molar-refractivity contribution < 1.29 is 71.4 Å². The van der Waals surface area contributed by atoms with E-state index in [2.05, 4.69) is 4.74 Å². The molecule has 0 saturated heterocycles. The molecule has 1 N–H and O–H groups in total. The van der Waals surface area contributed by atoms with Crippen molar-refractivity contribution in [2.45, 2.75) is 37.2 Å². The number of nitrogens with one attached hydrogen (secondary N) is 1. The van der Waals surface area contributed by atoms with Gasteiger partial charge in [0.25, 0.3) is 5.91 Å². The summed E-state index contributed by atoms with van der Waals surface area (Å²) < 4.78 is 177. The number of carbonyl (C=O) groups excluding carboxylic acids is 2. The van der Waals surface area contributed by atoms with Gasteiger partial charge in [-0.3, -0.25) is 9.59 Å². The fraction of sp³-hybridized carbons (Fsp3) is 0.231. The quantitative estimate of drug-likeness (QED) is 0.192. The maximum Gasteiger partial charge on any atom is 0.435 e. The van der Waals surface area contributed by atoms with Gasteiger partial charge in [-0.05, 0) is 48.5 Å². The molecule has 0 saturated carbocycles. The van der Waals surface area contributed by atoms with Crippen molar-refractivity contribution in [2.75, 3.05) is 5.32 Å². The minimum Gasteiger partial charge on any atom is -0.434 e. The molecule has 3 aromatic rings. The van der Waals surface area contributed by atoms with E-state index in [1.54, 1.807) is 0 Å². The first-order valence-corrected chi connectivity index (χ1v) is 11.9. The SMILES string of the molecule is O=C(Nc1cccc(C(=O)Cc2c(Cl)cc(C(F)(C(F)(F)F)C(F)(F)F)cc2OC(F)F)c1F)c1ccc(C(F)(F)F)cc1. The van der Waals surface area contributed by atoms with Crippen molar-refractivity contribution in [1.29, 1.82) is 0 Å². The Bertz CT molecular complexity index is 1530. The van der Waals surface area contributed by atoms with Crippen molar-refractivity contribution in [3.05, 3.63) is 93.3 Å². The van der Waals surface area contributed by atoms with E-state index in [9.17, 15) is 62.3 Å². The fourth-order valence-electron chi connectivity index (χ4n) is 3.78. The Morgan fingerprint density at radius 1 is 0.818 bits per heavy atom. The van der Waals surface area contributed by atoms with Gasteiger partial charge in [-0.15, -0.1) is 0 Å². The van der Waals surface area contributed by atoms with Crippen molar-refractivity contribution >= 4 is 29.0 Å². The number of hydrogen-bond donors (Lipinski definition) is 1. The molecule has 0 spiro atoms. The molecule has 0 aliphatic rings. The van der Waals surface area contributed by atoms with Gasteiger partial charge in [-0.25, -0.2) is 8.78 Å². The second kappa shape index (κ2) is 12.2. The summed E-state index contributed by atoms with van der Waals surface area (Å²) in [7, 11) is 0. The maximum atomic E-state index is 15.1. The summed E-state index contributed by atoms with van der Waals surface area (Å²) in [5.74, 6) is -5.53. The first-order chi connectivity index (χ1) is 20.1. The number of anilines is 1. The molecule has 0 atom stereocenters. The van der Waals surface area contributed by atoms with Crippen molar-refractivity contribution in [3.8, 4) is 5.75 Å². The lowest BCUT2D eigenvalue weighted by atomic mass is 9.91. The second-order valence-corrected chi connectivity index (χ2v) is 9.17. The molecule has 3 rings (SSSR count). The van der Waals surface area contributed by atoms with Crippen LogP contribution in [0.4, 0.5) is 62.8 Å². The second-order valence-electron chi connectivity index (χ2n) is 8.76. The molecule has 0 radical (unpaired) electrons. The molecule has 1 amide bonds. The van der Waals surface area contributed by atoms with Crippen LogP contribution in [0.1, 0.15) is 37.4 Å². The van der Waals surface area contributed by atoms with Crippen LogP contribution in [0.3, 0.4) is 0 Å². The summed E-state index contributed by atoms with van der Waals surface area (Å²) in [5, 5.41) is 0.738. The van der Waals surface area contributed by atoms with Crippen molar-refractivity contribution in [1.82, 2.24) is 0 Å². The fourth-order valence-corrected chi connectivity index (χ4v) is 4.05. The number of amides is 1. The van der Waals surface area contributed by atoms with Crippen LogP contribution in [0.5, 0.6) is 5.75 Å². The predicted octanol–water partition coefficient (Wildman–Crippen LogP) is 9.07. The predicted molar refractivity (Wildman–Crippen MR) is 127 cm³/mol. The Hall–Kier alpha value is -4.02. The molecule has 0 fully saturated rings. The molecule has 0 unspecified atom stereocenters. The molecular formula is C26H13ClF13NO3. The number of alkyl halides is 12. The standard InChI is InChI=1S/C26H13ClF13NO3/c27-16-8-13(23(31,25(35,36)37)26(38,39)40)9-19(44-22(29)30)15(16)10-18(42)14-2-1-3-17(20(14)28)41-21(43)11-4-6-12(7-5-11)24(32,33)34/h1-9,22H,10H2,(H,41,43). The Morgan fingerprint density at radius 3 is 1.89 bits per heavy atom. The largest absolute Gasteiger partial charge is 0.435 e. The van der Waals surface area contributed by atoms with Crippen LogP contribution in [-0.2, 0) is 18.3 Å². The highest BCUT2D eigenvalue weighted by atomic mass is 35.5. The maximum absolute atomic E-state index is 15.1. The third-order valence-electron chi connectivity index (χ3n) is 5.91. The highest BCUT2D eigenvalue weighted by molar-refractivity contribution is 6.32. The third-order valence-corrected chi connectivity index (χ3v) is 6.25. The summed E-state index contributed by atoms with van der Waals surface area (Å²) >= 11 is 5.70. The zero-order valence-electron chi connectivity index (χ0n) is 21.0. The Morgan fingerprint density at radius 2 is 1.39 bits per heavy atom. The van der Waals surface area contributed by atoms with Crippen LogP contribution in [-0.4, -0.2) is 30.7 Å². The van der Waals surface area contributed by atoms with Gasteiger partial charge in [0.2, 0.25) is 0 Å². The molecule has 44 heavy (non-hydrogen) atoms. The van der Waals surface area contributed by atoms with E-state index in [4.69, 9.17) is 11.6 Å². The summed E-state index contributed by atoms with van der Waals surface area (Å²) in [5.41, 5.74) is -12.4. The van der Waals surface area contributed by atoms with Crippen LogP contribution in [0.25, 0.3) is 0 Å². The molecule has 4 nitrogen and oxygen atoms in total. The lowest BCUT2D eigenvalue weighted by molar-refractivity contribution is -0.348. The number of Topliss-reactive ketones (excluding diaryl/α,β-unsaturated/α-hetero) is 1. The number of ether oxygens (including phenoxy) is 1. The van der Waals surface area contributed by atoms with Gasteiger partial charge >= 0.3 is 30.8 Å². The van der Waals surface area contributed by atoms with Crippen LogP contribution in [0.2, 0.25) is 5.02 Å². The molecule has 0 aliphatic heterocycles. The summed E-state index contributed by atoms with van der Waals surface area (Å²) in [4.78, 5) is 25.3. The number of halogens is 14. The average Bonchev–Trinajstić information content (AvgIpc) is 2.89. The van der Waals surface area contributed by atoms with E-state index >= 15 is 4.39 Å².